The van der Waals surface area contributed by atoms with Crippen molar-refractivity contribution in [2.75, 3.05) is 13.1 Å². The van der Waals surface area contributed by atoms with Crippen molar-refractivity contribution in [3.8, 4) is 0 Å². The van der Waals surface area contributed by atoms with Gasteiger partial charge in [0.05, 0.1) is 5.29 Å². The fourth-order valence-electron chi connectivity index (χ4n) is 0.575. The number of nitroso groups, excluding NO2 is 1. The predicted molar refractivity (Wildman–Crippen MR) is 38.0 cm³/mol. The van der Waals surface area contributed by atoms with Crippen LogP contribution in [-0.2, 0) is 0 Å². The van der Waals surface area contributed by atoms with Crippen LogP contribution in [0, 0.1) is 4.91 Å². The van der Waals surface area contributed by atoms with Crippen molar-refractivity contribution in [3.05, 3.63) is 4.91 Å². The van der Waals surface area contributed by atoms with E-state index in [0.717, 1.165) is 5.32 Å². The largest absolute Gasteiger partial charge is 0.408 e. The van der Waals surface area contributed by atoms with Gasteiger partial charge in [0.1, 0.15) is 13.1 Å². The van der Waals surface area contributed by atoms with Gasteiger partial charge in [-0.05, 0) is 0 Å². The molecule has 0 saturated heterocycles. The van der Waals surface area contributed by atoms with E-state index in [4.69, 9.17) is 0 Å². The van der Waals surface area contributed by atoms with Gasteiger partial charge >= 0.3 is 18.4 Å². The van der Waals surface area contributed by atoms with Gasteiger partial charge in [0.25, 0.3) is 0 Å². The summed E-state index contributed by atoms with van der Waals surface area (Å²) in [5.41, 5.74) is 0. The van der Waals surface area contributed by atoms with Gasteiger partial charge in [0.2, 0.25) is 0 Å². The summed E-state index contributed by atoms with van der Waals surface area (Å²) in [7, 11) is 0. The quantitative estimate of drug-likeness (QED) is 0.473. The van der Waals surface area contributed by atoms with Crippen LogP contribution in [-0.4, -0.2) is 36.5 Å². The fourth-order valence-corrected chi connectivity index (χ4v) is 0.575. The van der Waals surface area contributed by atoms with Gasteiger partial charge in [0, 0.05) is 0 Å². The Kier molecular flexibility index (Phi) is 4.50. The zero-order chi connectivity index (χ0) is 13.0. The average Bonchev–Trinajstić information content (AvgIpc) is 2.07. The summed E-state index contributed by atoms with van der Waals surface area (Å²) in [5, 5.41) is 2.03. The molecule has 0 saturated carbocycles. The Balaban J connectivity index is 4.28. The number of nitrogens with zero attached hydrogens (tertiary/aromatic N) is 2. The van der Waals surface area contributed by atoms with E-state index in [2.05, 4.69) is 0 Å². The summed E-state index contributed by atoms with van der Waals surface area (Å²) in [4.78, 5) is 20.4. The third kappa shape index (κ3) is 6.84. The monoisotopic (exact) mass is 253 g/mol. The number of nitrogens with one attached hydrogen (secondary N) is 1. The molecule has 2 amide bonds. The Morgan fingerprint density at radius 3 is 1.94 bits per heavy atom. The molecular formula is C5H5F6N3O2. The van der Waals surface area contributed by atoms with Crippen LogP contribution in [0.3, 0.4) is 0 Å². The van der Waals surface area contributed by atoms with Crippen molar-refractivity contribution < 1.29 is 31.1 Å². The van der Waals surface area contributed by atoms with Crippen molar-refractivity contribution in [3.63, 3.8) is 0 Å². The molecule has 0 radical (unpaired) electrons. The van der Waals surface area contributed by atoms with Gasteiger partial charge < -0.3 is 5.32 Å². The van der Waals surface area contributed by atoms with E-state index in [-0.39, 0.29) is 0 Å². The number of halogens is 6. The summed E-state index contributed by atoms with van der Waals surface area (Å²) in [5.74, 6) is 0. The zero-order valence-electron chi connectivity index (χ0n) is 7.39. The summed E-state index contributed by atoms with van der Waals surface area (Å²) >= 11 is 0. The van der Waals surface area contributed by atoms with Gasteiger partial charge in [-0.1, -0.05) is 0 Å². The fraction of sp³-hybridized carbons (Fsp3) is 0.800. The van der Waals surface area contributed by atoms with Crippen LogP contribution in [0.15, 0.2) is 5.29 Å². The van der Waals surface area contributed by atoms with Gasteiger partial charge in [-0.3, -0.25) is 0 Å². The number of hydrogen-bond donors (Lipinski definition) is 1. The molecule has 0 bridgehead atoms. The molecule has 0 unspecified atom stereocenters. The van der Waals surface area contributed by atoms with Crippen molar-refractivity contribution in [1.29, 1.82) is 0 Å². The maximum atomic E-state index is 11.7. The van der Waals surface area contributed by atoms with Crippen LogP contribution < -0.4 is 5.32 Å². The topological polar surface area (TPSA) is 61.8 Å². The SMILES string of the molecule is O=NN(CC(F)(F)F)C(=O)NCC(F)(F)F. The van der Waals surface area contributed by atoms with E-state index >= 15 is 0 Å². The number of carbonyl (C=O) groups excluding carboxylic acids is 1. The van der Waals surface area contributed by atoms with E-state index in [1.54, 1.807) is 5.29 Å². The Morgan fingerprint density at radius 2 is 1.62 bits per heavy atom. The highest BCUT2D eigenvalue weighted by Crippen LogP contribution is 2.17. The van der Waals surface area contributed by atoms with Crippen molar-refractivity contribution >= 4 is 6.03 Å². The van der Waals surface area contributed by atoms with E-state index in [1.807, 2.05) is 0 Å². The average molecular weight is 253 g/mol. The van der Waals surface area contributed by atoms with Gasteiger partial charge in [-0.2, -0.15) is 31.4 Å². The van der Waals surface area contributed by atoms with E-state index in [0.29, 0.717) is 0 Å². The third-order valence-electron chi connectivity index (χ3n) is 1.10. The molecular weight excluding hydrogens is 248 g/mol. The maximum Gasteiger partial charge on any atom is 0.408 e. The summed E-state index contributed by atoms with van der Waals surface area (Å²) in [6.07, 6.45) is -9.72. The highest BCUT2D eigenvalue weighted by Gasteiger charge is 2.35. The van der Waals surface area contributed by atoms with Gasteiger partial charge in [-0.25, -0.2) is 4.79 Å². The minimum absolute atomic E-state index is 0.689. The van der Waals surface area contributed by atoms with Crippen molar-refractivity contribution in [2.24, 2.45) is 5.29 Å². The number of hydrogen-bond acceptors (Lipinski definition) is 3. The van der Waals surface area contributed by atoms with Crippen LogP contribution in [0.4, 0.5) is 31.1 Å². The Labute approximate surface area is 84.3 Å². The molecule has 0 rings (SSSR count). The zero-order valence-corrected chi connectivity index (χ0v) is 7.39. The minimum atomic E-state index is -4.93. The number of rotatable bonds is 3. The number of amides is 2. The molecule has 0 aromatic carbocycles. The highest BCUT2D eigenvalue weighted by molar-refractivity contribution is 5.73. The number of urea groups is 1. The second-order valence-electron chi connectivity index (χ2n) is 2.53. The second kappa shape index (κ2) is 4.99. The first kappa shape index (κ1) is 14.5. The lowest BCUT2D eigenvalue weighted by Crippen LogP contribution is -2.44. The normalized spacial score (nSPS) is 12.1. The summed E-state index contributed by atoms with van der Waals surface area (Å²) in [6.45, 7) is -3.91. The molecule has 0 aliphatic carbocycles. The van der Waals surface area contributed by atoms with Crippen LogP contribution in [0.2, 0.25) is 0 Å². The molecule has 94 valence electrons. The maximum absolute atomic E-state index is 11.7. The number of carbonyl (C=O) groups is 1. The number of alkyl halides is 6. The van der Waals surface area contributed by atoms with Crippen LogP contribution in [0.25, 0.3) is 0 Å². The summed E-state index contributed by atoms with van der Waals surface area (Å²) < 4.78 is 69.7. The smallest absolute Gasteiger partial charge is 0.327 e. The lowest BCUT2D eigenvalue weighted by atomic mass is 10.6. The van der Waals surface area contributed by atoms with Crippen molar-refractivity contribution in [1.82, 2.24) is 10.3 Å². The molecule has 0 atom stereocenters. The molecule has 0 aliphatic heterocycles. The molecule has 0 aromatic rings. The van der Waals surface area contributed by atoms with E-state index in [1.165, 1.54) is 0 Å². The second-order valence-corrected chi connectivity index (χ2v) is 2.53. The lowest BCUT2D eigenvalue weighted by molar-refractivity contribution is -0.141. The standard InChI is InChI=1S/C5H5F6N3O2/c6-4(7,8)1-12-3(15)14(13-16)2-5(9,10)11/h1-2H2,(H,12,15). The lowest BCUT2D eigenvalue weighted by Gasteiger charge is -2.16. The molecule has 1 N–H and O–H groups in total. The molecule has 0 heterocycles. The molecule has 0 fully saturated rings. The molecule has 11 heteroatoms. The van der Waals surface area contributed by atoms with Crippen LogP contribution in [0.1, 0.15) is 0 Å². The first-order chi connectivity index (χ1) is 7.05. The Hall–Kier alpha value is -1.55. The van der Waals surface area contributed by atoms with Crippen LogP contribution >= 0.6 is 0 Å². The molecule has 0 spiro atoms. The molecule has 0 aliphatic rings. The first-order valence-electron chi connectivity index (χ1n) is 3.57. The van der Waals surface area contributed by atoms with Crippen LogP contribution in [0.5, 0.6) is 0 Å². The Bertz CT molecular complexity index is 262. The van der Waals surface area contributed by atoms with Gasteiger partial charge in [0.15, 0.2) is 0 Å². The molecule has 5 nitrogen and oxygen atoms in total. The van der Waals surface area contributed by atoms with Gasteiger partial charge in [-0.15, -0.1) is 4.91 Å². The van der Waals surface area contributed by atoms with E-state index in [9.17, 15) is 36.0 Å². The summed E-state index contributed by atoms with van der Waals surface area (Å²) in [6, 6.07) is -1.87. The minimum Gasteiger partial charge on any atom is -0.327 e. The predicted octanol–water partition coefficient (Wildman–Crippen LogP) is 1.80. The first-order valence-corrected chi connectivity index (χ1v) is 3.57. The Morgan fingerprint density at radius 1 is 1.12 bits per heavy atom. The third-order valence-corrected chi connectivity index (χ3v) is 1.10. The molecule has 16 heavy (non-hydrogen) atoms. The van der Waals surface area contributed by atoms with E-state index < -0.39 is 36.5 Å². The highest BCUT2D eigenvalue weighted by atomic mass is 19.4. The molecule has 0 aromatic heterocycles. The van der Waals surface area contributed by atoms with Crippen molar-refractivity contribution in [2.45, 2.75) is 12.4 Å².